The van der Waals surface area contributed by atoms with Crippen molar-refractivity contribution in [3.63, 3.8) is 0 Å². The van der Waals surface area contributed by atoms with Crippen LogP contribution < -0.4 is 25.5 Å². The third-order valence-corrected chi connectivity index (χ3v) is 6.37. The standard InChI is InChI=1S/C31H34N4O9/c1-5-41-25-15-20(28-27(30(38)40-4)18(3)33-31(39)34-28)10-12-24(25)43-17-26(36)35-32-16-22-11-13-23(44-22)19-8-7-9-21(14-19)29(37)42-6-2/h7-16,26,28,35-36H,5-6,17H2,1-4H3,(H2,33,34,39)/b32-16+/t26-,28+/m0/s1. The van der Waals surface area contributed by atoms with E-state index in [-0.39, 0.29) is 18.8 Å². The summed E-state index contributed by atoms with van der Waals surface area (Å²) in [5, 5.41) is 19.7. The van der Waals surface area contributed by atoms with Crippen LogP contribution >= 0.6 is 0 Å². The van der Waals surface area contributed by atoms with Crippen LogP contribution in [-0.4, -0.2) is 62.4 Å². The van der Waals surface area contributed by atoms with Crippen LogP contribution in [0.15, 0.2) is 75.4 Å². The van der Waals surface area contributed by atoms with Crippen molar-refractivity contribution in [2.24, 2.45) is 5.10 Å². The van der Waals surface area contributed by atoms with E-state index in [4.69, 9.17) is 23.4 Å². The summed E-state index contributed by atoms with van der Waals surface area (Å²) in [5.74, 6) is 0.635. The van der Waals surface area contributed by atoms with Gasteiger partial charge in [-0.25, -0.2) is 14.4 Å². The molecule has 0 fully saturated rings. The molecule has 0 spiro atoms. The zero-order valence-corrected chi connectivity index (χ0v) is 24.7. The molecule has 0 saturated carbocycles. The van der Waals surface area contributed by atoms with E-state index in [1.54, 1.807) is 69.3 Å². The van der Waals surface area contributed by atoms with Crippen LogP contribution in [-0.2, 0) is 14.3 Å². The fraction of sp³-hybridized carbons (Fsp3) is 0.290. The number of amides is 2. The average Bonchev–Trinajstić information content (AvgIpc) is 3.49. The monoisotopic (exact) mass is 606 g/mol. The van der Waals surface area contributed by atoms with E-state index in [0.29, 0.717) is 52.0 Å². The molecular formula is C31H34N4O9. The molecule has 44 heavy (non-hydrogen) atoms. The van der Waals surface area contributed by atoms with Crippen LogP contribution in [0, 0.1) is 0 Å². The highest BCUT2D eigenvalue weighted by Crippen LogP contribution is 2.35. The normalized spacial score (nSPS) is 15.3. The summed E-state index contributed by atoms with van der Waals surface area (Å²) in [5.41, 5.74) is 4.89. The second kappa shape index (κ2) is 14.7. The number of urea groups is 1. The number of methoxy groups -OCH3 is 1. The molecule has 1 aliphatic rings. The smallest absolute Gasteiger partial charge is 0.338 e. The number of furan rings is 1. The Morgan fingerprint density at radius 3 is 2.64 bits per heavy atom. The van der Waals surface area contributed by atoms with Crippen LogP contribution in [0.1, 0.15) is 48.5 Å². The van der Waals surface area contributed by atoms with E-state index < -0.39 is 30.2 Å². The molecule has 4 rings (SSSR count). The molecule has 232 valence electrons. The number of nitrogens with zero attached hydrogens (tertiary/aromatic N) is 1. The number of hydrogen-bond donors (Lipinski definition) is 4. The molecular weight excluding hydrogens is 572 g/mol. The fourth-order valence-electron chi connectivity index (χ4n) is 4.40. The number of esters is 2. The summed E-state index contributed by atoms with van der Waals surface area (Å²) in [7, 11) is 1.27. The SMILES string of the molecule is CCOC(=O)c1cccc(-c2ccc(/C=N/N[C@@H](O)COc3ccc([C@H]4NC(=O)NC(C)=C4C(=O)OC)cc3OCC)o2)c1. The van der Waals surface area contributed by atoms with Crippen molar-refractivity contribution in [1.29, 1.82) is 0 Å². The van der Waals surface area contributed by atoms with Gasteiger partial charge in [0.25, 0.3) is 0 Å². The van der Waals surface area contributed by atoms with Crippen LogP contribution in [0.3, 0.4) is 0 Å². The van der Waals surface area contributed by atoms with Gasteiger partial charge in [0.2, 0.25) is 0 Å². The first-order chi connectivity index (χ1) is 21.2. The predicted molar refractivity (Wildman–Crippen MR) is 159 cm³/mol. The number of aliphatic hydroxyl groups excluding tert-OH is 1. The molecule has 2 aromatic carbocycles. The number of carbonyl (C=O) groups is 3. The zero-order chi connectivity index (χ0) is 31.6. The summed E-state index contributed by atoms with van der Waals surface area (Å²) in [6.45, 7) is 5.58. The van der Waals surface area contributed by atoms with Gasteiger partial charge >= 0.3 is 18.0 Å². The number of allylic oxidation sites excluding steroid dienone is 1. The maximum absolute atomic E-state index is 12.4. The van der Waals surface area contributed by atoms with Gasteiger partial charge in [-0.15, -0.1) is 0 Å². The molecule has 0 bridgehead atoms. The lowest BCUT2D eigenvalue weighted by Crippen LogP contribution is -2.45. The average molecular weight is 607 g/mol. The summed E-state index contributed by atoms with van der Waals surface area (Å²) >= 11 is 0. The Morgan fingerprint density at radius 1 is 1.07 bits per heavy atom. The molecule has 0 radical (unpaired) electrons. The number of hydrogen-bond acceptors (Lipinski definition) is 11. The lowest BCUT2D eigenvalue weighted by atomic mass is 9.95. The first kappa shape index (κ1) is 31.6. The number of hydrazone groups is 1. The Kier molecular flexibility index (Phi) is 10.6. The van der Waals surface area contributed by atoms with Crippen molar-refractivity contribution >= 4 is 24.2 Å². The molecule has 13 nitrogen and oxygen atoms in total. The maximum Gasteiger partial charge on any atom is 0.338 e. The molecule has 13 heteroatoms. The zero-order valence-electron chi connectivity index (χ0n) is 24.7. The number of carbonyl (C=O) groups excluding carboxylic acids is 3. The second-order valence-corrected chi connectivity index (χ2v) is 9.42. The first-order valence-corrected chi connectivity index (χ1v) is 13.8. The van der Waals surface area contributed by atoms with Gasteiger partial charge in [0, 0.05) is 11.3 Å². The largest absolute Gasteiger partial charge is 0.490 e. The van der Waals surface area contributed by atoms with Gasteiger partial charge in [-0.2, -0.15) is 5.10 Å². The van der Waals surface area contributed by atoms with Crippen LogP contribution in [0.5, 0.6) is 11.5 Å². The molecule has 1 aliphatic heterocycles. The Labute approximate surface area is 253 Å². The number of rotatable bonds is 13. The van der Waals surface area contributed by atoms with E-state index >= 15 is 0 Å². The third-order valence-electron chi connectivity index (χ3n) is 6.37. The van der Waals surface area contributed by atoms with Crippen molar-refractivity contribution in [2.75, 3.05) is 26.9 Å². The van der Waals surface area contributed by atoms with Gasteiger partial charge in [-0.05, 0) is 62.7 Å². The lowest BCUT2D eigenvalue weighted by molar-refractivity contribution is -0.136. The summed E-state index contributed by atoms with van der Waals surface area (Å²) in [4.78, 5) is 36.6. The first-order valence-electron chi connectivity index (χ1n) is 13.8. The van der Waals surface area contributed by atoms with Gasteiger partial charge in [-0.3, -0.25) is 5.43 Å². The molecule has 4 N–H and O–H groups in total. The second-order valence-electron chi connectivity index (χ2n) is 9.42. The van der Waals surface area contributed by atoms with E-state index in [0.717, 1.165) is 0 Å². The van der Waals surface area contributed by atoms with Crippen molar-refractivity contribution in [1.82, 2.24) is 16.1 Å². The highest BCUT2D eigenvalue weighted by Gasteiger charge is 2.32. The molecule has 1 aromatic heterocycles. The Morgan fingerprint density at radius 2 is 1.89 bits per heavy atom. The summed E-state index contributed by atoms with van der Waals surface area (Å²) < 4.78 is 27.2. The summed E-state index contributed by atoms with van der Waals surface area (Å²) in [6, 6.07) is 14.1. The minimum Gasteiger partial charge on any atom is -0.490 e. The minimum absolute atomic E-state index is 0.183. The number of ether oxygens (including phenoxy) is 4. The Bertz CT molecular complexity index is 1560. The molecule has 0 unspecified atom stereocenters. The van der Waals surface area contributed by atoms with Gasteiger partial charge < -0.3 is 39.1 Å². The minimum atomic E-state index is -1.18. The van der Waals surface area contributed by atoms with Crippen molar-refractivity contribution in [3.05, 3.63) is 82.8 Å². The summed E-state index contributed by atoms with van der Waals surface area (Å²) in [6.07, 6.45) is 0.209. The fourth-order valence-corrected chi connectivity index (χ4v) is 4.40. The van der Waals surface area contributed by atoms with Crippen molar-refractivity contribution in [3.8, 4) is 22.8 Å². The van der Waals surface area contributed by atoms with E-state index in [1.807, 2.05) is 6.07 Å². The van der Waals surface area contributed by atoms with Gasteiger partial charge in [0.15, 0.2) is 17.7 Å². The van der Waals surface area contributed by atoms with Crippen molar-refractivity contribution < 1.29 is 42.9 Å². The molecule has 2 atom stereocenters. The molecule has 2 heterocycles. The highest BCUT2D eigenvalue weighted by atomic mass is 16.5. The third kappa shape index (κ3) is 7.75. The van der Waals surface area contributed by atoms with Crippen LogP contribution in [0.2, 0.25) is 0 Å². The predicted octanol–water partition coefficient (Wildman–Crippen LogP) is 3.64. The van der Waals surface area contributed by atoms with Gasteiger partial charge in [-0.1, -0.05) is 18.2 Å². The topological polar surface area (TPSA) is 170 Å². The highest BCUT2D eigenvalue weighted by molar-refractivity contribution is 5.95. The van der Waals surface area contributed by atoms with E-state index in [9.17, 15) is 19.5 Å². The van der Waals surface area contributed by atoms with E-state index in [2.05, 4.69) is 21.2 Å². The molecule has 2 amide bonds. The van der Waals surface area contributed by atoms with Gasteiger partial charge in [0.1, 0.15) is 18.1 Å². The maximum atomic E-state index is 12.4. The molecule has 3 aromatic rings. The van der Waals surface area contributed by atoms with Crippen molar-refractivity contribution in [2.45, 2.75) is 33.0 Å². The molecule has 0 aliphatic carbocycles. The quantitative estimate of drug-likeness (QED) is 0.0975. The number of aliphatic hydroxyl groups is 1. The van der Waals surface area contributed by atoms with E-state index in [1.165, 1.54) is 13.3 Å². The Hall–Kier alpha value is -5.30. The molecule has 0 saturated heterocycles. The number of benzene rings is 2. The number of nitrogens with one attached hydrogen (secondary N) is 3. The van der Waals surface area contributed by atoms with Crippen LogP contribution in [0.4, 0.5) is 4.79 Å². The lowest BCUT2D eigenvalue weighted by Gasteiger charge is -2.28. The van der Waals surface area contributed by atoms with Gasteiger partial charge in [0.05, 0.1) is 43.7 Å². The van der Waals surface area contributed by atoms with Crippen LogP contribution in [0.25, 0.3) is 11.3 Å². The Balaban J connectivity index is 1.38.